The maximum absolute atomic E-state index is 5.96. The minimum atomic E-state index is 0. The summed E-state index contributed by atoms with van der Waals surface area (Å²) < 4.78 is 0. The molecule has 0 rings (SSSR count). The average Bonchev–Trinajstić information content (AvgIpc) is 0.918. The van der Waals surface area contributed by atoms with Gasteiger partial charge in [-0.2, -0.15) is 0 Å². The van der Waals surface area contributed by atoms with Crippen molar-refractivity contribution in [2.24, 2.45) is 0 Å². The van der Waals surface area contributed by atoms with Crippen molar-refractivity contribution in [3.63, 3.8) is 0 Å². The van der Waals surface area contributed by atoms with Crippen molar-refractivity contribution < 1.29 is 70.7 Å². The van der Waals surface area contributed by atoms with E-state index in [1.54, 1.807) is 6.92 Å². The summed E-state index contributed by atoms with van der Waals surface area (Å²) in [6.45, 7) is 1.54. The van der Waals surface area contributed by atoms with Crippen LogP contribution in [0.15, 0.2) is 0 Å². The van der Waals surface area contributed by atoms with Crippen LogP contribution < -0.4 is 0 Å². The quantitative estimate of drug-likeness (QED) is 0.330. The van der Waals surface area contributed by atoms with E-state index >= 15 is 0 Å². The van der Waals surface area contributed by atoms with Gasteiger partial charge in [-0.25, -0.2) is 0 Å². The molecule has 0 heterocycles. The average molecular weight is 512 g/mol. The summed E-state index contributed by atoms with van der Waals surface area (Å²) in [7, 11) is 0. The molecule has 0 saturated heterocycles. The van der Waals surface area contributed by atoms with Crippen molar-refractivity contribution in [2.45, 2.75) is 6.92 Å². The largest absolute Gasteiger partial charge is 0.694 e. The molecule has 0 atom stereocenters. The van der Waals surface area contributed by atoms with E-state index in [9.17, 15) is 0 Å². The van der Waals surface area contributed by atoms with Crippen molar-refractivity contribution in [3.05, 3.63) is 6.42 Å². The molecule has 0 aromatic heterocycles. The zero-order valence-corrected chi connectivity index (χ0v) is 11.8. The molecule has 3 heteroatoms. The van der Waals surface area contributed by atoms with Crippen LogP contribution >= 0.6 is 0 Å². The maximum atomic E-state index is 5.96. The van der Waals surface area contributed by atoms with Crippen molar-refractivity contribution in [1.29, 1.82) is 0 Å². The topological polar surface area (TPSA) is 0 Å². The van der Waals surface area contributed by atoms with Gasteiger partial charge < -0.3 is 12.3 Å². The molecule has 31 valence electrons. The molecule has 0 nitrogen and oxygen atoms in total. The van der Waals surface area contributed by atoms with Crippen LogP contribution in [0.4, 0.5) is 0 Å². The third-order valence-corrected chi connectivity index (χ3v) is 0. The van der Waals surface area contributed by atoms with Crippen LogP contribution in [0.5, 0.6) is 0 Å². The van der Waals surface area contributed by atoms with E-state index in [-0.39, 0.29) is 70.7 Å². The smallest absolute Gasteiger partial charge is 0 e. The fourth-order valence-corrected chi connectivity index (χ4v) is 0. The second kappa shape index (κ2) is 28.7. The van der Waals surface area contributed by atoms with Gasteiger partial charge in [-0.15, -0.1) is 0 Å². The van der Waals surface area contributed by atoms with E-state index in [2.05, 4.69) is 0 Å². The van der Waals surface area contributed by atoms with E-state index in [1.165, 1.54) is 0 Å². The van der Waals surface area contributed by atoms with Gasteiger partial charge >= 0.3 is 0 Å². The summed E-state index contributed by atoms with van der Waals surface area (Å²) in [5.74, 6) is 2.00. The first-order valence-electron chi connectivity index (χ1n) is 0.750. The molecule has 0 aromatic rings. The third-order valence-electron chi connectivity index (χ3n) is 0. The molecule has 0 aliphatic carbocycles. The van der Waals surface area contributed by atoms with E-state index in [4.69, 9.17) is 6.42 Å². The summed E-state index contributed by atoms with van der Waals surface area (Å²) in [6, 6.07) is 0. The molecular formula is C3H3UVW-. The first kappa shape index (κ1) is 24.8. The van der Waals surface area contributed by atoms with Crippen LogP contribution in [0.2, 0.25) is 0 Å². The molecule has 0 bridgehead atoms. The Kier molecular flexibility index (Phi) is 118. The van der Waals surface area contributed by atoms with Gasteiger partial charge in [0.15, 0.2) is 0 Å². The molecule has 0 N–H and O–H groups in total. The number of hydrogen-bond acceptors (Lipinski definition) is 0. The SMILES string of the molecule is [C-]#CC.[U].[V].[W]. The summed E-state index contributed by atoms with van der Waals surface area (Å²) >= 11 is 0. The molecule has 0 aliphatic heterocycles. The minimum Gasteiger partial charge on any atom is -0.694 e. The first-order chi connectivity index (χ1) is 1.41. The van der Waals surface area contributed by atoms with Crippen molar-refractivity contribution >= 4 is 0 Å². The van der Waals surface area contributed by atoms with Crippen LogP contribution in [-0.4, -0.2) is 0 Å². The molecule has 1 radical (unpaired) electrons. The summed E-state index contributed by atoms with van der Waals surface area (Å²) in [5, 5.41) is 0. The fraction of sp³-hybridized carbons (Fsp3) is 0.333. The number of hydrogen-bond donors (Lipinski definition) is 0. The van der Waals surface area contributed by atoms with Gasteiger partial charge in [0.25, 0.3) is 0 Å². The Balaban J connectivity index is -0.00000000667. The van der Waals surface area contributed by atoms with E-state index in [0.29, 0.717) is 0 Å². The van der Waals surface area contributed by atoms with Gasteiger partial charge in [0.2, 0.25) is 0 Å². The predicted octanol–water partition coefficient (Wildman–Crippen LogP) is 0.591. The zero-order chi connectivity index (χ0) is 2.71. The molecule has 6 heavy (non-hydrogen) atoms. The van der Waals surface area contributed by atoms with Gasteiger partial charge in [-0.1, -0.05) is 0 Å². The molecule has 0 aromatic carbocycles. The fourth-order valence-electron chi connectivity index (χ4n) is 0. The molecule has 0 unspecified atom stereocenters. The van der Waals surface area contributed by atoms with E-state index < -0.39 is 0 Å². The van der Waals surface area contributed by atoms with Gasteiger partial charge in [-0.05, 0) is 6.92 Å². The Morgan fingerprint density at radius 3 is 1.50 bits per heavy atom. The minimum absolute atomic E-state index is 0. The molecule has 0 fully saturated rings. The van der Waals surface area contributed by atoms with Crippen LogP contribution in [0.1, 0.15) is 6.92 Å². The second-order valence-corrected chi connectivity index (χ2v) is 0.250. The Hall–Kier alpha value is 1.88. The molecule has 0 aliphatic rings. The second-order valence-electron chi connectivity index (χ2n) is 0.250. The summed E-state index contributed by atoms with van der Waals surface area (Å²) in [5.41, 5.74) is 0. The molecule has 0 spiro atoms. The normalized spacial score (nSPS) is 1.33. The first-order valence-corrected chi connectivity index (χ1v) is 0.750. The van der Waals surface area contributed by atoms with Crippen molar-refractivity contribution in [3.8, 4) is 5.92 Å². The maximum Gasteiger partial charge on any atom is 0 e. The van der Waals surface area contributed by atoms with Crippen LogP contribution in [-0.2, 0) is 39.6 Å². The molecule has 0 saturated carbocycles. The monoisotopic (exact) mass is 512 g/mol. The zero-order valence-electron chi connectivity index (χ0n) is 3.36. The number of rotatable bonds is 0. The summed E-state index contributed by atoms with van der Waals surface area (Å²) in [4.78, 5) is 0. The Labute approximate surface area is 88.7 Å². The van der Waals surface area contributed by atoms with Crippen molar-refractivity contribution in [2.75, 3.05) is 0 Å². The van der Waals surface area contributed by atoms with Crippen LogP contribution in [0.25, 0.3) is 0 Å². The van der Waals surface area contributed by atoms with Gasteiger partial charge in [0.1, 0.15) is 0 Å². The van der Waals surface area contributed by atoms with Crippen LogP contribution in [0, 0.1) is 43.5 Å². The van der Waals surface area contributed by atoms with E-state index in [1.807, 2.05) is 5.92 Å². The van der Waals surface area contributed by atoms with Gasteiger partial charge in [0, 0.05) is 70.7 Å². The third kappa shape index (κ3) is 39.5. The van der Waals surface area contributed by atoms with E-state index in [0.717, 1.165) is 0 Å². The molecular weight excluding hydrogens is 509 g/mol. The Morgan fingerprint density at radius 1 is 1.50 bits per heavy atom. The van der Waals surface area contributed by atoms with Gasteiger partial charge in [0.05, 0.1) is 0 Å². The molecule has 0 amide bonds. The van der Waals surface area contributed by atoms with Gasteiger partial charge in [-0.3, -0.25) is 0 Å². The standard InChI is InChI=1S/C3H3.U.V.W/c1-3-2;;;/h1H3;;;/q-1;;;. The predicted molar refractivity (Wildman–Crippen MR) is 12.8 cm³/mol. The van der Waals surface area contributed by atoms with Crippen molar-refractivity contribution in [1.82, 2.24) is 0 Å². The van der Waals surface area contributed by atoms with Crippen LogP contribution in [0.3, 0.4) is 0 Å². The Morgan fingerprint density at radius 2 is 1.50 bits per heavy atom. The Bertz CT molecular complexity index is 32.3. The summed E-state index contributed by atoms with van der Waals surface area (Å²) in [6.07, 6.45) is 5.96.